The van der Waals surface area contributed by atoms with Crippen LogP contribution in [0.1, 0.15) is 16.2 Å². The van der Waals surface area contributed by atoms with Crippen LogP contribution in [0.2, 0.25) is 0 Å². The molecular formula is C19H20N6O3. The first-order valence-electron chi connectivity index (χ1n) is 8.93. The average Bonchev–Trinajstić information content (AvgIpc) is 3.20. The normalized spacial score (nSPS) is 14.1. The lowest BCUT2D eigenvalue weighted by Crippen LogP contribution is -2.41. The molecule has 0 saturated carbocycles. The van der Waals surface area contributed by atoms with E-state index in [1.54, 1.807) is 41.2 Å². The second-order valence-electron chi connectivity index (χ2n) is 6.35. The first-order chi connectivity index (χ1) is 13.7. The number of amides is 1. The minimum Gasteiger partial charge on any atom is -0.481 e. The fourth-order valence-electron chi connectivity index (χ4n) is 2.87. The van der Waals surface area contributed by atoms with E-state index in [2.05, 4.69) is 20.1 Å². The molecular weight excluding hydrogens is 360 g/mol. The number of nitrogens with zero attached hydrogens (tertiary/aromatic N) is 6. The summed E-state index contributed by atoms with van der Waals surface area (Å²) in [5.74, 6) is 0.860. The number of hydrogen-bond donors (Lipinski definition) is 0. The zero-order valence-corrected chi connectivity index (χ0v) is 15.7. The fraction of sp³-hybridized carbons (Fsp3) is 0.316. The molecule has 144 valence electrons. The summed E-state index contributed by atoms with van der Waals surface area (Å²) in [6.45, 7) is 4.04. The van der Waals surface area contributed by atoms with Crippen molar-refractivity contribution in [3.8, 4) is 23.1 Å². The minimum absolute atomic E-state index is 0.120. The Hall–Kier alpha value is -3.33. The van der Waals surface area contributed by atoms with Gasteiger partial charge in [0.05, 0.1) is 32.2 Å². The molecule has 0 N–H and O–H groups in total. The molecule has 0 spiro atoms. The third-order valence-corrected chi connectivity index (χ3v) is 4.41. The summed E-state index contributed by atoms with van der Waals surface area (Å²) in [4.78, 5) is 27.7. The molecule has 0 unspecified atom stereocenters. The minimum atomic E-state index is -0.225. The average molecular weight is 380 g/mol. The summed E-state index contributed by atoms with van der Waals surface area (Å²) in [7, 11) is 1.55. The summed E-state index contributed by atoms with van der Waals surface area (Å²) < 4.78 is 12.0. The van der Waals surface area contributed by atoms with Crippen LogP contribution >= 0.6 is 0 Å². The highest BCUT2D eigenvalue weighted by atomic mass is 16.5. The second kappa shape index (κ2) is 7.73. The van der Waals surface area contributed by atoms with Crippen LogP contribution in [0, 0.1) is 6.92 Å². The molecule has 1 aliphatic rings. The summed E-state index contributed by atoms with van der Waals surface area (Å²) in [5, 5.41) is 4.46. The van der Waals surface area contributed by atoms with Crippen LogP contribution in [-0.2, 0) is 4.74 Å². The lowest BCUT2D eigenvalue weighted by Gasteiger charge is -2.25. The third kappa shape index (κ3) is 3.56. The predicted molar refractivity (Wildman–Crippen MR) is 100 cm³/mol. The molecule has 0 aromatic carbocycles. The molecule has 0 aliphatic carbocycles. The number of pyridine rings is 2. The van der Waals surface area contributed by atoms with Crippen LogP contribution < -0.4 is 4.74 Å². The van der Waals surface area contributed by atoms with Crippen molar-refractivity contribution >= 4 is 5.91 Å². The molecule has 0 atom stereocenters. The van der Waals surface area contributed by atoms with Crippen molar-refractivity contribution in [2.24, 2.45) is 0 Å². The highest BCUT2D eigenvalue weighted by Gasteiger charge is 2.25. The molecule has 3 aromatic heterocycles. The largest absolute Gasteiger partial charge is 0.481 e. The number of carbonyl (C=O) groups excluding carboxylic acids is 1. The van der Waals surface area contributed by atoms with Crippen molar-refractivity contribution in [2.45, 2.75) is 6.92 Å². The molecule has 28 heavy (non-hydrogen) atoms. The monoisotopic (exact) mass is 380 g/mol. The Bertz CT molecular complexity index is 962. The molecule has 1 saturated heterocycles. The summed E-state index contributed by atoms with van der Waals surface area (Å²) in [5.41, 5.74) is 2.31. The number of morpholine rings is 1. The molecule has 0 radical (unpaired) electrons. The summed E-state index contributed by atoms with van der Waals surface area (Å²) in [6, 6.07) is 7.33. The smallest absolute Gasteiger partial charge is 0.293 e. The van der Waals surface area contributed by atoms with Crippen LogP contribution in [0.4, 0.5) is 0 Å². The lowest BCUT2D eigenvalue weighted by molar-refractivity contribution is 0.0295. The van der Waals surface area contributed by atoms with E-state index >= 15 is 0 Å². The number of hydrogen-bond acceptors (Lipinski definition) is 7. The molecule has 4 rings (SSSR count). The van der Waals surface area contributed by atoms with Crippen molar-refractivity contribution < 1.29 is 14.3 Å². The van der Waals surface area contributed by atoms with Gasteiger partial charge in [0.15, 0.2) is 5.82 Å². The van der Waals surface area contributed by atoms with E-state index in [9.17, 15) is 4.79 Å². The Balaban J connectivity index is 1.76. The van der Waals surface area contributed by atoms with Crippen molar-refractivity contribution in [1.29, 1.82) is 0 Å². The van der Waals surface area contributed by atoms with Gasteiger partial charge in [0, 0.05) is 25.4 Å². The maximum Gasteiger partial charge on any atom is 0.293 e. The fourth-order valence-corrected chi connectivity index (χ4v) is 2.87. The Morgan fingerprint density at radius 2 is 1.93 bits per heavy atom. The molecule has 4 heterocycles. The van der Waals surface area contributed by atoms with Crippen LogP contribution in [0.3, 0.4) is 0 Å². The van der Waals surface area contributed by atoms with Crippen LogP contribution in [0.25, 0.3) is 17.2 Å². The van der Waals surface area contributed by atoms with Crippen LogP contribution in [-0.4, -0.2) is 69.0 Å². The zero-order valence-electron chi connectivity index (χ0n) is 15.7. The van der Waals surface area contributed by atoms with Crippen LogP contribution in [0.5, 0.6) is 5.88 Å². The molecule has 9 nitrogen and oxygen atoms in total. The van der Waals surface area contributed by atoms with E-state index in [0.29, 0.717) is 49.4 Å². The van der Waals surface area contributed by atoms with Crippen LogP contribution in [0.15, 0.2) is 36.7 Å². The van der Waals surface area contributed by atoms with Crippen molar-refractivity contribution in [3.63, 3.8) is 0 Å². The number of carbonyl (C=O) groups is 1. The second-order valence-corrected chi connectivity index (χ2v) is 6.35. The Kier molecular flexibility index (Phi) is 4.98. The van der Waals surface area contributed by atoms with Gasteiger partial charge in [-0.1, -0.05) is 6.07 Å². The van der Waals surface area contributed by atoms with E-state index in [1.165, 1.54) is 0 Å². The maximum atomic E-state index is 12.9. The van der Waals surface area contributed by atoms with Gasteiger partial charge >= 0.3 is 0 Å². The molecule has 3 aromatic rings. The molecule has 1 amide bonds. The van der Waals surface area contributed by atoms with Gasteiger partial charge in [-0.3, -0.25) is 9.78 Å². The first-order valence-corrected chi connectivity index (χ1v) is 8.93. The van der Waals surface area contributed by atoms with E-state index in [0.717, 1.165) is 5.56 Å². The molecule has 1 fully saturated rings. The zero-order chi connectivity index (χ0) is 19.5. The maximum absolute atomic E-state index is 12.9. The van der Waals surface area contributed by atoms with Crippen molar-refractivity contribution in [3.05, 3.63) is 48.0 Å². The number of methoxy groups -OCH3 is 1. The number of aryl methyl sites for hydroxylation is 1. The Labute approximate surface area is 162 Å². The van der Waals surface area contributed by atoms with Gasteiger partial charge in [-0.2, -0.15) is 0 Å². The highest BCUT2D eigenvalue weighted by Crippen LogP contribution is 2.21. The molecule has 1 aliphatic heterocycles. The highest BCUT2D eigenvalue weighted by molar-refractivity contribution is 5.91. The summed E-state index contributed by atoms with van der Waals surface area (Å²) in [6.07, 6.45) is 3.37. The van der Waals surface area contributed by atoms with E-state index in [-0.39, 0.29) is 11.7 Å². The quantitative estimate of drug-likeness (QED) is 0.677. The molecule has 9 heteroatoms. The number of rotatable bonds is 4. The molecule has 0 bridgehead atoms. The first kappa shape index (κ1) is 18.1. The van der Waals surface area contributed by atoms with Gasteiger partial charge in [-0.15, -0.1) is 5.10 Å². The number of ether oxygens (including phenoxy) is 2. The van der Waals surface area contributed by atoms with Gasteiger partial charge in [-0.25, -0.2) is 14.6 Å². The number of aromatic nitrogens is 5. The van der Waals surface area contributed by atoms with E-state index < -0.39 is 0 Å². The van der Waals surface area contributed by atoms with Gasteiger partial charge in [-0.05, 0) is 24.6 Å². The Morgan fingerprint density at radius 1 is 1.11 bits per heavy atom. The Morgan fingerprint density at radius 3 is 2.57 bits per heavy atom. The van der Waals surface area contributed by atoms with Crippen molar-refractivity contribution in [2.75, 3.05) is 33.4 Å². The predicted octanol–water partition coefficient (Wildman–Crippen LogP) is 1.51. The SMILES string of the molecule is COc1ccc(-n2nc(C(=O)N3CCOCC3)nc2-c2ccc(C)cn2)cn1. The summed E-state index contributed by atoms with van der Waals surface area (Å²) >= 11 is 0. The van der Waals surface area contributed by atoms with Gasteiger partial charge < -0.3 is 14.4 Å². The topological polar surface area (TPSA) is 95.3 Å². The van der Waals surface area contributed by atoms with Gasteiger partial charge in [0.2, 0.25) is 11.7 Å². The van der Waals surface area contributed by atoms with E-state index in [1.807, 2.05) is 19.1 Å². The lowest BCUT2D eigenvalue weighted by atomic mass is 10.2. The third-order valence-electron chi connectivity index (χ3n) is 4.41. The van der Waals surface area contributed by atoms with Gasteiger partial charge in [0.25, 0.3) is 5.91 Å². The van der Waals surface area contributed by atoms with Gasteiger partial charge in [0.1, 0.15) is 5.69 Å². The van der Waals surface area contributed by atoms with E-state index in [4.69, 9.17) is 9.47 Å². The standard InChI is InChI=1S/C19H20N6O3/c1-13-3-5-15(20-11-13)18-22-17(19(26)24-7-9-28-10-8-24)23-25(18)14-4-6-16(27-2)21-12-14/h3-6,11-12H,7-10H2,1-2H3. The van der Waals surface area contributed by atoms with Crippen molar-refractivity contribution in [1.82, 2.24) is 29.6 Å².